The first-order valence-corrected chi connectivity index (χ1v) is 13.9. The van der Waals surface area contributed by atoms with Gasteiger partial charge in [0, 0.05) is 57.3 Å². The van der Waals surface area contributed by atoms with Crippen LogP contribution in [0.4, 0.5) is 0 Å². The molecule has 2 saturated heterocycles. The molecule has 3 aliphatic heterocycles. The molecule has 0 aromatic heterocycles. The molecule has 198 valence electrons. The number of carbonyl (C=O) groups excluding carboxylic acids is 2. The summed E-state index contributed by atoms with van der Waals surface area (Å²) < 4.78 is 11.2. The van der Waals surface area contributed by atoms with Crippen molar-refractivity contribution in [3.8, 4) is 11.5 Å². The van der Waals surface area contributed by atoms with E-state index in [1.165, 1.54) is 41.8 Å². The van der Waals surface area contributed by atoms with Gasteiger partial charge in [-0.1, -0.05) is 38.8 Å². The number of imide groups is 1. The summed E-state index contributed by atoms with van der Waals surface area (Å²) in [5.74, 6) is 1.99. The molecule has 0 aliphatic carbocycles. The number of unbranched alkanes of at least 4 members (excludes halogenated alkanes) is 2. The van der Waals surface area contributed by atoms with Gasteiger partial charge in [-0.15, -0.1) is 0 Å². The summed E-state index contributed by atoms with van der Waals surface area (Å²) in [5.41, 5.74) is 2.66. The summed E-state index contributed by atoms with van der Waals surface area (Å²) >= 11 is 0. The number of hydrogen-bond acceptors (Lipinski definition) is 6. The highest BCUT2D eigenvalue weighted by Crippen LogP contribution is 2.39. The normalized spacial score (nSPS) is 22.2. The molecule has 36 heavy (non-hydrogen) atoms. The molecule has 4 rings (SSSR count). The van der Waals surface area contributed by atoms with Crippen molar-refractivity contribution in [1.29, 1.82) is 0 Å². The van der Waals surface area contributed by atoms with Gasteiger partial charge in [-0.3, -0.25) is 19.4 Å². The molecule has 2 amide bonds. The molecule has 2 atom stereocenters. The number of hydrogen-bond donors (Lipinski definition) is 0. The SMILES string of the molecule is C/C=C(\CN1CC(c2ccc3c(c2)OCO3)CC1CCN1C(=O)CCC1=O)N(CCCC)CCCC. The van der Waals surface area contributed by atoms with E-state index in [9.17, 15) is 9.59 Å². The van der Waals surface area contributed by atoms with E-state index in [1.54, 1.807) is 0 Å². The fourth-order valence-corrected chi connectivity index (χ4v) is 5.72. The summed E-state index contributed by atoms with van der Waals surface area (Å²) in [7, 11) is 0. The van der Waals surface area contributed by atoms with E-state index in [1.807, 2.05) is 6.07 Å². The van der Waals surface area contributed by atoms with Gasteiger partial charge in [0.2, 0.25) is 18.6 Å². The van der Waals surface area contributed by atoms with Gasteiger partial charge in [-0.2, -0.15) is 0 Å². The quantitative estimate of drug-likeness (QED) is 0.361. The second-order valence-electron chi connectivity index (χ2n) is 10.3. The zero-order chi connectivity index (χ0) is 25.5. The highest BCUT2D eigenvalue weighted by molar-refractivity contribution is 6.01. The Bertz CT molecular complexity index is 922. The van der Waals surface area contributed by atoms with Crippen LogP contribution in [0.15, 0.2) is 30.0 Å². The summed E-state index contributed by atoms with van der Waals surface area (Å²) in [6.07, 6.45) is 9.61. The van der Waals surface area contributed by atoms with E-state index >= 15 is 0 Å². The number of nitrogens with zero attached hydrogens (tertiary/aromatic N) is 3. The van der Waals surface area contributed by atoms with E-state index < -0.39 is 0 Å². The van der Waals surface area contributed by atoms with Crippen LogP contribution in [0.1, 0.15) is 83.6 Å². The average Bonchev–Trinajstić information content (AvgIpc) is 3.60. The number of ether oxygens (including phenoxy) is 2. The minimum Gasteiger partial charge on any atom is -0.454 e. The lowest BCUT2D eigenvalue weighted by atomic mass is 9.95. The Hall–Kier alpha value is -2.54. The molecule has 7 nitrogen and oxygen atoms in total. The number of amides is 2. The van der Waals surface area contributed by atoms with Crippen LogP contribution in [-0.4, -0.2) is 72.1 Å². The highest BCUT2D eigenvalue weighted by atomic mass is 16.7. The van der Waals surface area contributed by atoms with Crippen molar-refractivity contribution in [2.45, 2.75) is 84.1 Å². The maximum absolute atomic E-state index is 12.2. The molecule has 0 radical (unpaired) electrons. The predicted molar refractivity (Wildman–Crippen MR) is 141 cm³/mol. The van der Waals surface area contributed by atoms with Gasteiger partial charge in [0.05, 0.1) is 0 Å². The van der Waals surface area contributed by atoms with Gasteiger partial charge in [-0.25, -0.2) is 0 Å². The summed E-state index contributed by atoms with van der Waals surface area (Å²) in [6.45, 7) is 11.5. The number of carbonyl (C=O) groups is 2. The van der Waals surface area contributed by atoms with Gasteiger partial charge in [0.25, 0.3) is 0 Å². The third-order valence-electron chi connectivity index (χ3n) is 7.90. The van der Waals surface area contributed by atoms with Gasteiger partial charge in [0.15, 0.2) is 11.5 Å². The largest absolute Gasteiger partial charge is 0.454 e. The number of rotatable bonds is 13. The summed E-state index contributed by atoms with van der Waals surface area (Å²) in [4.78, 5) is 31.1. The van der Waals surface area contributed by atoms with Crippen LogP contribution in [-0.2, 0) is 9.59 Å². The molecule has 1 aromatic rings. The van der Waals surface area contributed by atoms with E-state index in [-0.39, 0.29) is 18.6 Å². The van der Waals surface area contributed by atoms with Crippen molar-refractivity contribution in [2.24, 2.45) is 0 Å². The molecular formula is C29H43N3O4. The molecule has 2 unspecified atom stereocenters. The zero-order valence-corrected chi connectivity index (χ0v) is 22.3. The van der Waals surface area contributed by atoms with Crippen LogP contribution in [0.2, 0.25) is 0 Å². The van der Waals surface area contributed by atoms with Crippen LogP contribution in [0, 0.1) is 0 Å². The van der Waals surface area contributed by atoms with Gasteiger partial charge in [0.1, 0.15) is 0 Å². The molecule has 0 spiro atoms. The monoisotopic (exact) mass is 497 g/mol. The Kier molecular flexibility index (Phi) is 9.30. The second kappa shape index (κ2) is 12.6. The molecule has 0 saturated carbocycles. The fraction of sp³-hybridized carbons (Fsp3) is 0.655. The van der Waals surface area contributed by atoms with Crippen molar-refractivity contribution < 1.29 is 19.1 Å². The van der Waals surface area contributed by atoms with Crippen molar-refractivity contribution in [1.82, 2.24) is 14.7 Å². The first-order chi connectivity index (χ1) is 17.5. The van der Waals surface area contributed by atoms with Crippen LogP contribution in [0.25, 0.3) is 0 Å². The van der Waals surface area contributed by atoms with Crippen LogP contribution >= 0.6 is 0 Å². The first kappa shape index (κ1) is 26.5. The lowest BCUT2D eigenvalue weighted by Gasteiger charge is -2.33. The average molecular weight is 498 g/mol. The molecule has 3 aliphatic rings. The highest BCUT2D eigenvalue weighted by Gasteiger charge is 2.36. The molecule has 1 aromatic carbocycles. The number of likely N-dealkylation sites (tertiary alicyclic amines) is 2. The lowest BCUT2D eigenvalue weighted by molar-refractivity contribution is -0.138. The van der Waals surface area contributed by atoms with Crippen molar-refractivity contribution in [2.75, 3.05) is 39.5 Å². The van der Waals surface area contributed by atoms with E-state index in [2.05, 4.69) is 48.8 Å². The molecular weight excluding hydrogens is 454 g/mol. The Morgan fingerprint density at radius 2 is 1.75 bits per heavy atom. The summed E-state index contributed by atoms with van der Waals surface area (Å²) in [5, 5.41) is 0. The maximum Gasteiger partial charge on any atom is 0.231 e. The van der Waals surface area contributed by atoms with E-state index in [0.29, 0.717) is 31.3 Å². The van der Waals surface area contributed by atoms with Crippen molar-refractivity contribution in [3.05, 3.63) is 35.5 Å². The Labute approximate surface area is 216 Å². The van der Waals surface area contributed by atoms with Crippen molar-refractivity contribution >= 4 is 11.8 Å². The topological polar surface area (TPSA) is 62.3 Å². The zero-order valence-electron chi connectivity index (χ0n) is 22.3. The molecule has 0 bridgehead atoms. The standard InChI is InChI=1S/C29H43N3O4/c1-4-7-14-30(15-8-5-2)24(6-3)20-31-19-23(22-9-10-26-27(18-22)36-21-35-26)17-25(31)13-16-32-28(33)11-12-29(32)34/h6,9-10,18,23,25H,4-5,7-8,11-17,19-21H2,1-3H3/b24-6+. The van der Waals surface area contributed by atoms with E-state index in [4.69, 9.17) is 9.47 Å². The maximum atomic E-state index is 12.2. The molecule has 2 fully saturated rings. The third-order valence-corrected chi connectivity index (χ3v) is 7.90. The van der Waals surface area contributed by atoms with Gasteiger partial charge < -0.3 is 14.4 Å². The van der Waals surface area contributed by atoms with Crippen molar-refractivity contribution in [3.63, 3.8) is 0 Å². The molecule has 3 heterocycles. The number of allylic oxidation sites excluding steroid dienone is 1. The number of fused-ring (bicyclic) bond motifs is 1. The Morgan fingerprint density at radius 1 is 1.06 bits per heavy atom. The first-order valence-electron chi connectivity index (χ1n) is 13.9. The van der Waals surface area contributed by atoms with Gasteiger partial charge >= 0.3 is 0 Å². The van der Waals surface area contributed by atoms with Gasteiger partial charge in [-0.05, 0) is 56.2 Å². The van der Waals surface area contributed by atoms with E-state index in [0.717, 1.165) is 50.5 Å². The van der Waals surface area contributed by atoms with Crippen LogP contribution < -0.4 is 9.47 Å². The number of benzene rings is 1. The minimum absolute atomic E-state index is 0.0173. The fourth-order valence-electron chi connectivity index (χ4n) is 5.72. The Morgan fingerprint density at radius 3 is 2.42 bits per heavy atom. The molecule has 0 N–H and O–H groups in total. The summed E-state index contributed by atoms with van der Waals surface area (Å²) in [6, 6.07) is 6.63. The minimum atomic E-state index is -0.0173. The Balaban J connectivity index is 1.49. The van der Waals surface area contributed by atoms with Crippen LogP contribution in [0.3, 0.4) is 0 Å². The predicted octanol–water partition coefficient (Wildman–Crippen LogP) is 4.92. The third kappa shape index (κ3) is 6.23. The lowest BCUT2D eigenvalue weighted by Crippen LogP contribution is -2.39. The smallest absolute Gasteiger partial charge is 0.231 e. The van der Waals surface area contributed by atoms with Crippen LogP contribution in [0.5, 0.6) is 11.5 Å². The molecule has 7 heteroatoms. The second-order valence-corrected chi connectivity index (χ2v) is 10.3.